The van der Waals surface area contributed by atoms with Crippen molar-refractivity contribution in [2.45, 2.75) is 19.3 Å². The minimum absolute atomic E-state index is 0.0232. The van der Waals surface area contributed by atoms with E-state index in [0.717, 1.165) is 42.9 Å². The number of aromatic nitrogens is 2. The van der Waals surface area contributed by atoms with E-state index in [0.29, 0.717) is 47.7 Å². The standard InChI is InChI=1S/C28H29Cl2N5O2/c29-22-10-8-21(9-11-22)28(37)35(18-20-6-7-20)19-27(36)34-15-3-14-33(16-17-34)26-13-12-25(31-32-26)23-4-1-2-5-24(23)30/h1-2,4-5,8-13,20H,3,6-7,14-19H2. The van der Waals surface area contributed by atoms with E-state index in [2.05, 4.69) is 15.1 Å². The van der Waals surface area contributed by atoms with Crippen molar-refractivity contribution in [1.82, 2.24) is 20.0 Å². The average molecular weight is 538 g/mol. The molecule has 2 aliphatic rings. The molecule has 2 amide bonds. The molecule has 1 aromatic heterocycles. The quantitative estimate of drug-likeness (QED) is 0.422. The van der Waals surface area contributed by atoms with Crippen LogP contribution >= 0.6 is 23.2 Å². The molecule has 0 spiro atoms. The fourth-order valence-corrected chi connectivity index (χ4v) is 4.93. The van der Waals surface area contributed by atoms with E-state index in [-0.39, 0.29) is 18.4 Å². The van der Waals surface area contributed by atoms with E-state index in [4.69, 9.17) is 23.2 Å². The lowest BCUT2D eigenvalue weighted by atomic mass is 10.1. The van der Waals surface area contributed by atoms with Crippen molar-refractivity contribution in [3.8, 4) is 11.3 Å². The molecule has 9 heteroatoms. The highest BCUT2D eigenvalue weighted by Crippen LogP contribution is 2.30. The maximum absolute atomic E-state index is 13.3. The zero-order valence-corrected chi connectivity index (χ0v) is 22.0. The molecule has 192 valence electrons. The van der Waals surface area contributed by atoms with Crippen molar-refractivity contribution in [1.29, 1.82) is 0 Å². The lowest BCUT2D eigenvalue weighted by Gasteiger charge is -2.27. The largest absolute Gasteiger partial charge is 0.353 e. The normalized spacial score (nSPS) is 15.8. The maximum atomic E-state index is 13.3. The van der Waals surface area contributed by atoms with Crippen LogP contribution in [-0.2, 0) is 4.79 Å². The minimum atomic E-state index is -0.123. The smallest absolute Gasteiger partial charge is 0.254 e. The Morgan fingerprint density at radius 2 is 1.68 bits per heavy atom. The van der Waals surface area contributed by atoms with Crippen molar-refractivity contribution in [3.05, 3.63) is 76.3 Å². The van der Waals surface area contributed by atoms with E-state index in [1.165, 1.54) is 0 Å². The molecule has 3 aromatic rings. The van der Waals surface area contributed by atoms with E-state index >= 15 is 0 Å². The lowest BCUT2D eigenvalue weighted by molar-refractivity contribution is -0.131. The average Bonchev–Trinajstić information content (AvgIpc) is 3.76. The summed E-state index contributed by atoms with van der Waals surface area (Å²) in [5.41, 5.74) is 2.13. The second-order valence-corrected chi connectivity index (χ2v) is 10.5. The molecule has 0 bridgehead atoms. The van der Waals surface area contributed by atoms with Gasteiger partial charge in [0.15, 0.2) is 5.82 Å². The molecule has 2 heterocycles. The number of rotatable bonds is 7. The first kappa shape index (κ1) is 25.5. The Morgan fingerprint density at radius 3 is 2.38 bits per heavy atom. The maximum Gasteiger partial charge on any atom is 0.254 e. The van der Waals surface area contributed by atoms with Crippen molar-refractivity contribution in [2.24, 2.45) is 5.92 Å². The van der Waals surface area contributed by atoms with Crippen LogP contribution in [0, 0.1) is 5.92 Å². The predicted molar refractivity (Wildman–Crippen MR) is 146 cm³/mol. The summed E-state index contributed by atoms with van der Waals surface area (Å²) in [6, 6.07) is 18.3. The van der Waals surface area contributed by atoms with Crippen LogP contribution in [0.1, 0.15) is 29.6 Å². The van der Waals surface area contributed by atoms with Gasteiger partial charge in [-0.3, -0.25) is 9.59 Å². The summed E-state index contributed by atoms with van der Waals surface area (Å²) >= 11 is 12.3. The Morgan fingerprint density at radius 1 is 0.892 bits per heavy atom. The van der Waals surface area contributed by atoms with Gasteiger partial charge < -0.3 is 14.7 Å². The van der Waals surface area contributed by atoms with Gasteiger partial charge in [-0.15, -0.1) is 10.2 Å². The van der Waals surface area contributed by atoms with Crippen LogP contribution in [0.5, 0.6) is 0 Å². The molecular weight excluding hydrogens is 509 g/mol. The molecule has 1 saturated heterocycles. The first-order chi connectivity index (χ1) is 18.0. The van der Waals surface area contributed by atoms with E-state index in [9.17, 15) is 9.59 Å². The van der Waals surface area contributed by atoms with Gasteiger partial charge in [-0.2, -0.15) is 0 Å². The highest BCUT2D eigenvalue weighted by molar-refractivity contribution is 6.33. The third-order valence-electron chi connectivity index (χ3n) is 6.85. The number of carbonyl (C=O) groups excluding carboxylic acids is 2. The van der Waals surface area contributed by atoms with Crippen LogP contribution in [0.3, 0.4) is 0 Å². The molecule has 5 rings (SSSR count). The number of anilines is 1. The van der Waals surface area contributed by atoms with E-state index in [1.54, 1.807) is 29.2 Å². The zero-order chi connectivity index (χ0) is 25.8. The fraction of sp³-hybridized carbons (Fsp3) is 0.357. The van der Waals surface area contributed by atoms with Crippen LogP contribution < -0.4 is 4.90 Å². The molecule has 0 radical (unpaired) electrons. The fourth-order valence-electron chi connectivity index (χ4n) is 4.57. The Balaban J connectivity index is 1.21. The van der Waals surface area contributed by atoms with E-state index < -0.39 is 0 Å². The van der Waals surface area contributed by atoms with Gasteiger partial charge in [0.2, 0.25) is 5.91 Å². The third kappa shape index (κ3) is 6.40. The number of hydrogen-bond acceptors (Lipinski definition) is 5. The number of hydrogen-bond donors (Lipinski definition) is 0. The molecule has 0 N–H and O–H groups in total. The van der Waals surface area contributed by atoms with Gasteiger partial charge in [0.1, 0.15) is 6.54 Å². The molecule has 2 aromatic carbocycles. The molecule has 0 unspecified atom stereocenters. The van der Waals surface area contributed by atoms with Gasteiger partial charge in [0.05, 0.1) is 10.7 Å². The van der Waals surface area contributed by atoms with Crippen LogP contribution in [0.25, 0.3) is 11.3 Å². The van der Waals surface area contributed by atoms with Gasteiger partial charge in [0.25, 0.3) is 5.91 Å². The van der Waals surface area contributed by atoms with Crippen molar-refractivity contribution in [2.75, 3.05) is 44.2 Å². The number of benzene rings is 2. The monoisotopic (exact) mass is 537 g/mol. The Labute approximate surface area is 227 Å². The molecule has 7 nitrogen and oxygen atoms in total. The van der Waals surface area contributed by atoms with Gasteiger partial charge in [-0.1, -0.05) is 41.4 Å². The summed E-state index contributed by atoms with van der Waals surface area (Å²) in [5, 5.41) is 10.0. The SMILES string of the molecule is O=C(CN(CC1CC1)C(=O)c1ccc(Cl)cc1)N1CCCN(c2ccc(-c3ccccc3Cl)nn2)CC1. The molecule has 37 heavy (non-hydrogen) atoms. The zero-order valence-electron chi connectivity index (χ0n) is 20.5. The summed E-state index contributed by atoms with van der Waals surface area (Å²) in [7, 11) is 0. The minimum Gasteiger partial charge on any atom is -0.353 e. The highest BCUT2D eigenvalue weighted by atomic mass is 35.5. The second kappa shape index (κ2) is 11.5. The number of carbonyl (C=O) groups is 2. The molecule has 1 saturated carbocycles. The molecular formula is C28H29Cl2N5O2. The van der Waals surface area contributed by atoms with E-state index in [1.807, 2.05) is 41.3 Å². The first-order valence-corrected chi connectivity index (χ1v) is 13.4. The molecule has 1 aliphatic heterocycles. The number of nitrogens with zero attached hydrogens (tertiary/aromatic N) is 5. The summed E-state index contributed by atoms with van der Waals surface area (Å²) in [6.45, 7) is 3.34. The van der Waals surface area contributed by atoms with Crippen LogP contribution in [0.2, 0.25) is 10.0 Å². The van der Waals surface area contributed by atoms with Crippen LogP contribution in [0.15, 0.2) is 60.7 Å². The topological polar surface area (TPSA) is 69.6 Å². The van der Waals surface area contributed by atoms with Crippen molar-refractivity contribution >= 4 is 40.8 Å². The predicted octanol–water partition coefficient (Wildman–Crippen LogP) is 5.04. The lowest BCUT2D eigenvalue weighted by Crippen LogP contribution is -2.45. The van der Waals surface area contributed by atoms with Gasteiger partial charge in [0, 0.05) is 48.9 Å². The van der Waals surface area contributed by atoms with Crippen molar-refractivity contribution < 1.29 is 9.59 Å². The number of amides is 2. The molecule has 0 atom stereocenters. The Hall–Kier alpha value is -3.16. The third-order valence-corrected chi connectivity index (χ3v) is 7.43. The van der Waals surface area contributed by atoms with Gasteiger partial charge >= 0.3 is 0 Å². The summed E-state index contributed by atoms with van der Waals surface area (Å²) in [6.07, 6.45) is 3.02. The second-order valence-electron chi connectivity index (χ2n) is 9.61. The van der Waals surface area contributed by atoms with Gasteiger partial charge in [-0.05, 0) is 67.6 Å². The van der Waals surface area contributed by atoms with Crippen LogP contribution in [-0.4, -0.2) is 71.1 Å². The number of halogens is 2. The first-order valence-electron chi connectivity index (χ1n) is 12.6. The molecule has 1 aliphatic carbocycles. The highest BCUT2D eigenvalue weighted by Gasteiger charge is 2.30. The summed E-state index contributed by atoms with van der Waals surface area (Å²) in [5.74, 6) is 1.11. The van der Waals surface area contributed by atoms with Crippen molar-refractivity contribution in [3.63, 3.8) is 0 Å². The summed E-state index contributed by atoms with van der Waals surface area (Å²) < 4.78 is 0. The Bertz CT molecular complexity index is 1250. The van der Waals surface area contributed by atoms with Gasteiger partial charge in [-0.25, -0.2) is 0 Å². The molecule has 2 fully saturated rings. The summed E-state index contributed by atoms with van der Waals surface area (Å²) in [4.78, 5) is 32.2. The van der Waals surface area contributed by atoms with Crippen LogP contribution in [0.4, 0.5) is 5.82 Å². The Kier molecular flexibility index (Phi) is 7.91.